The molecule has 0 spiro atoms. The van der Waals surface area contributed by atoms with Crippen LogP contribution in [0.15, 0.2) is 40.7 Å². The maximum atomic E-state index is 12.8. The molecule has 27 heavy (non-hydrogen) atoms. The quantitative estimate of drug-likeness (QED) is 0.791. The number of anilines is 2. The van der Waals surface area contributed by atoms with E-state index >= 15 is 0 Å². The van der Waals surface area contributed by atoms with Crippen molar-refractivity contribution >= 4 is 29.2 Å². The summed E-state index contributed by atoms with van der Waals surface area (Å²) in [6.45, 7) is 6.27. The maximum Gasteiger partial charge on any atom is 0.227 e. The van der Waals surface area contributed by atoms with Crippen LogP contribution in [0.5, 0.6) is 0 Å². The number of nitrogens with one attached hydrogen (secondary N) is 1. The molecular weight excluding hydrogens is 358 g/mol. The first kappa shape index (κ1) is 18.1. The molecule has 1 N–H and O–H groups in total. The van der Waals surface area contributed by atoms with E-state index in [1.807, 2.05) is 10.9 Å². The number of nitrogens with zero attached hydrogens (tertiary/aromatic N) is 4. The summed E-state index contributed by atoms with van der Waals surface area (Å²) >= 11 is 1.51. The summed E-state index contributed by atoms with van der Waals surface area (Å²) in [6.07, 6.45) is 4.35. The summed E-state index contributed by atoms with van der Waals surface area (Å²) < 4.78 is 1.88. The average Bonchev–Trinajstić information content (AvgIpc) is 3.11. The molecule has 1 aromatic heterocycles. The first-order valence-electron chi connectivity index (χ1n) is 9.55. The van der Waals surface area contributed by atoms with Crippen LogP contribution in [0.2, 0.25) is 0 Å². The second-order valence-corrected chi connectivity index (χ2v) is 7.60. The lowest BCUT2D eigenvalue weighted by Crippen LogP contribution is -2.31. The number of rotatable bonds is 5. The van der Waals surface area contributed by atoms with Gasteiger partial charge < -0.3 is 10.2 Å². The standard InChI is InChI=1S/C20H25N5OS/c1-4-24(5-2)14-11-9-13(10-12-14)18-17-15(7-6-8-16(17)26)21-19-22-20(27-3)23-25(18)19/h9-12,18H,4-8H2,1-3H3,(H,21,22,23). The second-order valence-electron chi connectivity index (χ2n) is 6.83. The molecule has 1 aliphatic carbocycles. The zero-order valence-electron chi connectivity index (χ0n) is 16.0. The van der Waals surface area contributed by atoms with Crippen molar-refractivity contribution in [1.82, 2.24) is 14.8 Å². The first-order chi connectivity index (χ1) is 13.2. The van der Waals surface area contributed by atoms with Gasteiger partial charge in [-0.1, -0.05) is 23.9 Å². The number of allylic oxidation sites excluding steroid dienone is 2. The maximum absolute atomic E-state index is 12.8. The summed E-state index contributed by atoms with van der Waals surface area (Å²) in [5.41, 5.74) is 4.14. The highest BCUT2D eigenvalue weighted by atomic mass is 32.2. The molecule has 0 saturated carbocycles. The van der Waals surface area contributed by atoms with E-state index < -0.39 is 0 Å². The van der Waals surface area contributed by atoms with E-state index in [9.17, 15) is 4.79 Å². The highest BCUT2D eigenvalue weighted by Crippen LogP contribution is 2.40. The Hall–Kier alpha value is -2.28. The Morgan fingerprint density at radius 1 is 1.22 bits per heavy atom. The van der Waals surface area contributed by atoms with Crippen LogP contribution in [0, 0.1) is 0 Å². The highest BCUT2D eigenvalue weighted by Gasteiger charge is 2.36. The Morgan fingerprint density at radius 3 is 2.63 bits per heavy atom. The number of hydrogen-bond donors (Lipinski definition) is 1. The van der Waals surface area contributed by atoms with Gasteiger partial charge >= 0.3 is 0 Å². The number of aromatic nitrogens is 3. The zero-order chi connectivity index (χ0) is 19.0. The largest absolute Gasteiger partial charge is 0.372 e. The third kappa shape index (κ3) is 3.14. The summed E-state index contributed by atoms with van der Waals surface area (Å²) in [5, 5.41) is 8.73. The lowest BCUT2D eigenvalue weighted by Gasteiger charge is -2.32. The topological polar surface area (TPSA) is 63.1 Å². The first-order valence-corrected chi connectivity index (χ1v) is 10.8. The number of ketones is 1. The minimum atomic E-state index is -0.205. The smallest absolute Gasteiger partial charge is 0.227 e. The summed E-state index contributed by atoms with van der Waals surface area (Å²) in [7, 11) is 0. The van der Waals surface area contributed by atoms with Crippen molar-refractivity contribution in [2.75, 3.05) is 29.6 Å². The molecule has 2 aromatic rings. The van der Waals surface area contributed by atoms with E-state index in [0.717, 1.165) is 53.9 Å². The van der Waals surface area contributed by atoms with E-state index in [-0.39, 0.29) is 11.8 Å². The normalized spacial score (nSPS) is 18.8. The van der Waals surface area contributed by atoms with E-state index in [4.69, 9.17) is 0 Å². The lowest BCUT2D eigenvalue weighted by atomic mass is 9.85. The fourth-order valence-corrected chi connectivity index (χ4v) is 4.33. The Labute approximate surface area is 164 Å². The number of fused-ring (bicyclic) bond motifs is 1. The number of thioether (sulfide) groups is 1. The number of Topliss-reactive ketones (excluding diaryl/α,β-unsaturated/α-hetero) is 1. The molecule has 1 unspecified atom stereocenters. The molecule has 0 saturated heterocycles. The van der Waals surface area contributed by atoms with Gasteiger partial charge in [-0.3, -0.25) is 4.79 Å². The van der Waals surface area contributed by atoms with Crippen LogP contribution >= 0.6 is 11.8 Å². The SMILES string of the molecule is CCN(CC)c1ccc(C2C3=C(CCCC3=O)Nc3nc(SC)nn32)cc1. The van der Waals surface area contributed by atoms with Crippen LogP contribution in [0.25, 0.3) is 0 Å². The minimum absolute atomic E-state index is 0.205. The van der Waals surface area contributed by atoms with Crippen LogP contribution in [0.1, 0.15) is 44.7 Å². The number of hydrogen-bond acceptors (Lipinski definition) is 6. The zero-order valence-corrected chi connectivity index (χ0v) is 16.8. The Morgan fingerprint density at radius 2 is 1.96 bits per heavy atom. The van der Waals surface area contributed by atoms with Gasteiger partial charge in [-0.15, -0.1) is 5.10 Å². The second kappa shape index (κ2) is 7.38. The van der Waals surface area contributed by atoms with Crippen LogP contribution < -0.4 is 10.2 Å². The molecule has 0 fully saturated rings. The van der Waals surface area contributed by atoms with Gasteiger partial charge in [0.05, 0.1) is 0 Å². The molecule has 4 rings (SSSR count). The van der Waals surface area contributed by atoms with Crippen molar-refractivity contribution in [2.24, 2.45) is 0 Å². The van der Waals surface area contributed by atoms with Crippen molar-refractivity contribution in [2.45, 2.75) is 44.3 Å². The lowest BCUT2D eigenvalue weighted by molar-refractivity contribution is -0.116. The van der Waals surface area contributed by atoms with E-state index in [1.165, 1.54) is 17.4 Å². The fraction of sp³-hybridized carbons (Fsp3) is 0.450. The third-order valence-corrected chi connectivity index (χ3v) is 5.91. The van der Waals surface area contributed by atoms with Crippen molar-refractivity contribution < 1.29 is 4.79 Å². The van der Waals surface area contributed by atoms with Gasteiger partial charge in [0.1, 0.15) is 6.04 Å². The Bertz CT molecular complexity index is 882. The molecular formula is C20H25N5OS. The summed E-state index contributed by atoms with van der Waals surface area (Å²) in [6, 6.07) is 8.33. The fourth-order valence-electron chi connectivity index (χ4n) is 3.99. The molecule has 0 radical (unpaired) electrons. The van der Waals surface area contributed by atoms with Gasteiger partial charge in [0.2, 0.25) is 11.1 Å². The van der Waals surface area contributed by atoms with Crippen molar-refractivity contribution in [3.8, 4) is 0 Å². The molecule has 2 aliphatic rings. The molecule has 0 amide bonds. The molecule has 0 bridgehead atoms. The van der Waals surface area contributed by atoms with Gasteiger partial charge in [-0.25, -0.2) is 4.68 Å². The van der Waals surface area contributed by atoms with Crippen molar-refractivity contribution in [3.05, 3.63) is 41.1 Å². The molecule has 1 atom stereocenters. The summed E-state index contributed by atoms with van der Waals surface area (Å²) in [5.74, 6) is 0.944. The molecule has 1 aromatic carbocycles. The van der Waals surface area contributed by atoms with Gasteiger partial charge in [0.15, 0.2) is 5.78 Å². The van der Waals surface area contributed by atoms with Gasteiger partial charge in [0, 0.05) is 36.5 Å². The molecule has 1 aliphatic heterocycles. The molecule has 6 nitrogen and oxygen atoms in total. The number of benzene rings is 1. The number of carbonyl (C=O) groups excluding carboxylic acids is 1. The molecule has 142 valence electrons. The van der Waals surface area contributed by atoms with E-state index in [1.54, 1.807) is 0 Å². The van der Waals surface area contributed by atoms with E-state index in [0.29, 0.717) is 6.42 Å². The monoisotopic (exact) mass is 383 g/mol. The Balaban J connectivity index is 1.79. The van der Waals surface area contributed by atoms with Crippen LogP contribution in [0.4, 0.5) is 11.6 Å². The van der Waals surface area contributed by atoms with Crippen LogP contribution in [-0.4, -0.2) is 39.9 Å². The predicted octanol–water partition coefficient (Wildman–Crippen LogP) is 3.87. The minimum Gasteiger partial charge on any atom is -0.372 e. The van der Waals surface area contributed by atoms with Gasteiger partial charge in [-0.05, 0) is 50.6 Å². The predicted molar refractivity (Wildman–Crippen MR) is 109 cm³/mol. The van der Waals surface area contributed by atoms with Crippen LogP contribution in [0.3, 0.4) is 0 Å². The third-order valence-electron chi connectivity index (χ3n) is 5.37. The highest BCUT2D eigenvalue weighted by molar-refractivity contribution is 7.98. The van der Waals surface area contributed by atoms with Crippen molar-refractivity contribution in [3.63, 3.8) is 0 Å². The average molecular weight is 384 g/mol. The van der Waals surface area contributed by atoms with Crippen molar-refractivity contribution in [1.29, 1.82) is 0 Å². The molecule has 7 heteroatoms. The number of carbonyl (C=O) groups is 1. The van der Waals surface area contributed by atoms with E-state index in [2.05, 4.69) is 58.4 Å². The van der Waals surface area contributed by atoms with Crippen LogP contribution in [-0.2, 0) is 4.79 Å². The van der Waals surface area contributed by atoms with Gasteiger partial charge in [-0.2, -0.15) is 4.98 Å². The Kier molecular flexibility index (Phi) is 4.95. The summed E-state index contributed by atoms with van der Waals surface area (Å²) in [4.78, 5) is 19.7. The molecule has 2 heterocycles. The van der Waals surface area contributed by atoms with Gasteiger partial charge in [0.25, 0.3) is 0 Å².